The fourth-order valence-electron chi connectivity index (χ4n) is 1.95. The summed E-state index contributed by atoms with van der Waals surface area (Å²) >= 11 is 0. The normalized spacial score (nSPS) is 10.9. The van der Waals surface area contributed by atoms with Crippen LogP contribution in [0.3, 0.4) is 0 Å². The summed E-state index contributed by atoms with van der Waals surface area (Å²) in [4.78, 5) is 0. The summed E-state index contributed by atoms with van der Waals surface area (Å²) in [5.74, 6) is 0.303. The van der Waals surface area contributed by atoms with E-state index in [1.54, 1.807) is 12.1 Å². The minimum Gasteiger partial charge on any atom is -0.508 e. The molecule has 0 aromatic heterocycles. The van der Waals surface area contributed by atoms with Crippen molar-refractivity contribution < 1.29 is 5.11 Å². The fraction of sp³-hybridized carbons (Fsp3) is 0.125. The summed E-state index contributed by atoms with van der Waals surface area (Å²) in [6, 6.07) is 13.7. The Morgan fingerprint density at radius 3 is 2.29 bits per heavy atom. The summed E-state index contributed by atoms with van der Waals surface area (Å²) in [7, 11) is 0. The molecule has 0 atom stereocenters. The molecule has 2 aromatic carbocycles. The third kappa shape index (κ3) is 2.56. The molecule has 1 nitrogen and oxygen atoms in total. The van der Waals surface area contributed by atoms with Gasteiger partial charge in [0, 0.05) is 0 Å². The van der Waals surface area contributed by atoms with Crippen molar-refractivity contribution in [1.29, 1.82) is 0 Å². The van der Waals surface area contributed by atoms with E-state index in [4.69, 9.17) is 0 Å². The molecule has 0 unspecified atom stereocenters. The molecule has 86 valence electrons. The number of phenols is 1. The Balaban J connectivity index is 2.43. The Morgan fingerprint density at radius 2 is 1.71 bits per heavy atom. The quantitative estimate of drug-likeness (QED) is 0.801. The van der Waals surface area contributed by atoms with Crippen LogP contribution in [0.4, 0.5) is 0 Å². The lowest BCUT2D eigenvalue weighted by Gasteiger charge is -2.07. The fourth-order valence-corrected chi connectivity index (χ4v) is 1.95. The number of rotatable bonds is 2. The molecule has 0 aliphatic heterocycles. The second kappa shape index (κ2) is 4.88. The van der Waals surface area contributed by atoms with Crippen molar-refractivity contribution in [3.05, 3.63) is 59.7 Å². The topological polar surface area (TPSA) is 20.2 Å². The molecule has 0 aliphatic carbocycles. The van der Waals surface area contributed by atoms with Gasteiger partial charge < -0.3 is 5.11 Å². The number of phenolic OH excluding ortho intramolecular Hbond substituents is 1. The zero-order valence-corrected chi connectivity index (χ0v) is 10.1. The van der Waals surface area contributed by atoms with Crippen LogP contribution in [0.15, 0.2) is 48.5 Å². The number of aryl methyl sites for hydroxylation is 1. The van der Waals surface area contributed by atoms with Crippen LogP contribution in [-0.4, -0.2) is 5.11 Å². The number of hydrogen-bond acceptors (Lipinski definition) is 1. The Kier molecular flexibility index (Phi) is 3.29. The van der Waals surface area contributed by atoms with Gasteiger partial charge in [-0.15, -0.1) is 0 Å². The molecule has 0 heterocycles. The van der Waals surface area contributed by atoms with E-state index in [0.29, 0.717) is 5.75 Å². The Hall–Kier alpha value is -2.02. The third-order valence-corrected chi connectivity index (χ3v) is 2.79. The van der Waals surface area contributed by atoms with Gasteiger partial charge in [-0.3, -0.25) is 0 Å². The molecule has 0 radical (unpaired) electrons. The monoisotopic (exact) mass is 224 g/mol. The van der Waals surface area contributed by atoms with Crippen molar-refractivity contribution in [1.82, 2.24) is 0 Å². The van der Waals surface area contributed by atoms with Crippen LogP contribution in [0, 0.1) is 6.92 Å². The number of hydrogen-bond donors (Lipinski definition) is 1. The van der Waals surface area contributed by atoms with Gasteiger partial charge in [-0.05, 0) is 48.2 Å². The first kappa shape index (κ1) is 11.5. The van der Waals surface area contributed by atoms with E-state index in [9.17, 15) is 5.11 Å². The van der Waals surface area contributed by atoms with Gasteiger partial charge in [0.05, 0.1) is 0 Å². The summed E-state index contributed by atoms with van der Waals surface area (Å²) in [6.07, 6.45) is 4.13. The van der Waals surface area contributed by atoms with E-state index in [1.807, 2.05) is 25.1 Å². The molecule has 0 bridgehead atoms. The maximum absolute atomic E-state index is 9.28. The molecule has 17 heavy (non-hydrogen) atoms. The minimum atomic E-state index is 0.303. The van der Waals surface area contributed by atoms with E-state index in [0.717, 1.165) is 5.56 Å². The van der Waals surface area contributed by atoms with Crippen LogP contribution in [0.5, 0.6) is 5.75 Å². The van der Waals surface area contributed by atoms with Gasteiger partial charge in [-0.25, -0.2) is 0 Å². The van der Waals surface area contributed by atoms with Crippen molar-refractivity contribution in [2.24, 2.45) is 0 Å². The van der Waals surface area contributed by atoms with E-state index in [2.05, 4.69) is 31.2 Å². The maximum atomic E-state index is 9.28. The second-order valence-corrected chi connectivity index (χ2v) is 4.12. The SMILES string of the molecule is CC=Cc1ccc(-c2ccc(O)cc2)c(C)c1. The molecule has 1 N–H and O–H groups in total. The van der Waals surface area contributed by atoms with E-state index in [-0.39, 0.29) is 0 Å². The third-order valence-electron chi connectivity index (χ3n) is 2.79. The summed E-state index contributed by atoms with van der Waals surface area (Å²) in [5, 5.41) is 9.28. The first-order chi connectivity index (χ1) is 8.20. The summed E-state index contributed by atoms with van der Waals surface area (Å²) < 4.78 is 0. The molecule has 0 saturated heterocycles. The highest BCUT2D eigenvalue weighted by molar-refractivity contribution is 5.69. The predicted molar refractivity (Wildman–Crippen MR) is 73.0 cm³/mol. The smallest absolute Gasteiger partial charge is 0.115 e. The Morgan fingerprint density at radius 1 is 1.00 bits per heavy atom. The van der Waals surface area contributed by atoms with E-state index in [1.165, 1.54) is 16.7 Å². The highest BCUT2D eigenvalue weighted by Gasteiger charge is 2.02. The van der Waals surface area contributed by atoms with Crippen molar-refractivity contribution in [2.45, 2.75) is 13.8 Å². The van der Waals surface area contributed by atoms with Crippen molar-refractivity contribution in [3.8, 4) is 16.9 Å². The average molecular weight is 224 g/mol. The average Bonchev–Trinajstić information content (AvgIpc) is 2.31. The molecule has 0 spiro atoms. The molecule has 0 fully saturated rings. The molecule has 2 rings (SSSR count). The molecule has 0 saturated carbocycles. The van der Waals surface area contributed by atoms with E-state index < -0.39 is 0 Å². The van der Waals surface area contributed by atoms with Crippen molar-refractivity contribution in [2.75, 3.05) is 0 Å². The number of benzene rings is 2. The minimum absolute atomic E-state index is 0.303. The van der Waals surface area contributed by atoms with Gasteiger partial charge in [0.15, 0.2) is 0 Å². The number of aromatic hydroxyl groups is 1. The van der Waals surface area contributed by atoms with Crippen molar-refractivity contribution >= 4 is 6.08 Å². The largest absolute Gasteiger partial charge is 0.508 e. The van der Waals surface area contributed by atoms with E-state index >= 15 is 0 Å². The van der Waals surface area contributed by atoms with Crippen LogP contribution in [0.1, 0.15) is 18.1 Å². The van der Waals surface area contributed by atoms with Crippen LogP contribution in [0.25, 0.3) is 17.2 Å². The van der Waals surface area contributed by atoms with Crippen molar-refractivity contribution in [3.63, 3.8) is 0 Å². The van der Waals surface area contributed by atoms with Gasteiger partial charge in [-0.1, -0.05) is 42.5 Å². The lowest BCUT2D eigenvalue weighted by molar-refractivity contribution is 0.475. The van der Waals surface area contributed by atoms with Crippen LogP contribution < -0.4 is 0 Å². The van der Waals surface area contributed by atoms with Gasteiger partial charge in [0.25, 0.3) is 0 Å². The maximum Gasteiger partial charge on any atom is 0.115 e. The lowest BCUT2D eigenvalue weighted by Crippen LogP contribution is -1.84. The zero-order chi connectivity index (χ0) is 12.3. The van der Waals surface area contributed by atoms with Gasteiger partial charge in [0.1, 0.15) is 5.75 Å². The summed E-state index contributed by atoms with van der Waals surface area (Å²) in [5.41, 5.74) is 4.80. The first-order valence-electron chi connectivity index (χ1n) is 5.73. The Bertz CT molecular complexity index is 536. The Labute approximate surface area is 102 Å². The molecule has 1 heteroatoms. The molecular formula is C16H16O. The van der Waals surface area contributed by atoms with Gasteiger partial charge >= 0.3 is 0 Å². The first-order valence-corrected chi connectivity index (χ1v) is 5.73. The van der Waals surface area contributed by atoms with Gasteiger partial charge in [-0.2, -0.15) is 0 Å². The number of allylic oxidation sites excluding steroid dienone is 1. The molecule has 0 amide bonds. The highest BCUT2D eigenvalue weighted by Crippen LogP contribution is 2.26. The van der Waals surface area contributed by atoms with Gasteiger partial charge in [0.2, 0.25) is 0 Å². The highest BCUT2D eigenvalue weighted by atomic mass is 16.3. The summed E-state index contributed by atoms with van der Waals surface area (Å²) in [6.45, 7) is 4.12. The molecule has 2 aromatic rings. The molecule has 0 aliphatic rings. The zero-order valence-electron chi connectivity index (χ0n) is 10.1. The molecular weight excluding hydrogens is 208 g/mol. The lowest BCUT2D eigenvalue weighted by atomic mass is 9.98. The van der Waals surface area contributed by atoms with Crippen LogP contribution in [0.2, 0.25) is 0 Å². The van der Waals surface area contributed by atoms with Crippen LogP contribution >= 0.6 is 0 Å². The van der Waals surface area contributed by atoms with Crippen LogP contribution in [-0.2, 0) is 0 Å². The second-order valence-electron chi connectivity index (χ2n) is 4.12. The standard InChI is InChI=1S/C16H16O/c1-3-4-13-5-10-16(12(2)11-13)14-6-8-15(17)9-7-14/h3-11,17H,1-2H3. The predicted octanol–water partition coefficient (Wildman–Crippen LogP) is 4.40.